The van der Waals surface area contributed by atoms with Crippen molar-refractivity contribution in [2.24, 2.45) is 9.98 Å². The lowest BCUT2D eigenvalue weighted by Crippen LogP contribution is -2.39. The van der Waals surface area contributed by atoms with Gasteiger partial charge in [-0.05, 0) is 86.8 Å². The van der Waals surface area contributed by atoms with E-state index in [-0.39, 0.29) is 36.5 Å². The number of carbonyl (C=O) groups is 2. The van der Waals surface area contributed by atoms with E-state index in [9.17, 15) is 18.4 Å². The van der Waals surface area contributed by atoms with Crippen LogP contribution in [-0.4, -0.2) is 98.5 Å². The molecule has 2 aliphatic rings. The summed E-state index contributed by atoms with van der Waals surface area (Å²) in [6.45, 7) is 14.7. The van der Waals surface area contributed by atoms with E-state index < -0.39 is 0 Å². The van der Waals surface area contributed by atoms with Gasteiger partial charge < -0.3 is 19.6 Å². The molecule has 0 aromatic heterocycles. The molecule has 0 N–H and O–H groups in total. The highest BCUT2D eigenvalue weighted by atomic mass is 35.5. The second-order valence-corrected chi connectivity index (χ2v) is 13.6. The number of hydrogen-bond donors (Lipinski definition) is 0. The SMILES string of the molecule is CCN(CC)CCN1C(=O)CN=C(c2ccccc2F)c2cc(Cl)ccc21.CCN(CC)CCN1C(=O)CN=C(c2ccccc2F)c2cc(Cl)ccc21. The van der Waals surface area contributed by atoms with E-state index in [2.05, 4.69) is 47.5 Å². The standard InChI is InChI=1S/2C21H23ClFN3O/c2*1-3-25(4-2)11-12-26-19-10-9-15(22)13-17(19)21(24-14-20(26)27)16-7-5-6-8-18(16)23/h2*5-10,13H,3-4,11-12,14H2,1-2H3. The number of carbonyl (C=O) groups excluding carboxylic acids is 2. The fraction of sp³-hybridized carbons (Fsp3) is 0.333. The molecule has 12 heteroatoms. The van der Waals surface area contributed by atoms with Gasteiger partial charge in [-0.15, -0.1) is 0 Å². The van der Waals surface area contributed by atoms with Crippen LogP contribution in [-0.2, 0) is 9.59 Å². The summed E-state index contributed by atoms with van der Waals surface area (Å²) in [5, 5.41) is 1.05. The Labute approximate surface area is 326 Å². The molecule has 2 aliphatic heterocycles. The smallest absolute Gasteiger partial charge is 0.248 e. The zero-order chi connectivity index (χ0) is 38.8. The van der Waals surface area contributed by atoms with E-state index in [0.717, 1.165) is 50.6 Å². The normalized spacial score (nSPS) is 14.2. The first-order chi connectivity index (χ1) is 26.1. The lowest BCUT2D eigenvalue weighted by molar-refractivity contribution is -0.118. The van der Waals surface area contributed by atoms with Crippen LogP contribution in [0.4, 0.5) is 20.2 Å². The van der Waals surface area contributed by atoms with Crippen LogP contribution < -0.4 is 9.80 Å². The van der Waals surface area contributed by atoms with Gasteiger partial charge in [0.1, 0.15) is 24.7 Å². The number of nitrogens with zero attached hydrogens (tertiary/aromatic N) is 6. The number of aliphatic imine (C=N–C) groups is 2. The summed E-state index contributed by atoms with van der Waals surface area (Å²) in [5.41, 5.74) is 4.47. The Morgan fingerprint density at radius 1 is 0.574 bits per heavy atom. The number of amides is 2. The molecule has 0 bridgehead atoms. The Balaban J connectivity index is 0.000000208. The summed E-state index contributed by atoms with van der Waals surface area (Å²) in [6, 6.07) is 23.6. The maximum atomic E-state index is 14.4. The maximum Gasteiger partial charge on any atom is 0.248 e. The first-order valence-corrected chi connectivity index (χ1v) is 19.1. The van der Waals surface area contributed by atoms with Gasteiger partial charge in [0, 0.05) is 58.5 Å². The van der Waals surface area contributed by atoms with Gasteiger partial charge in [-0.2, -0.15) is 0 Å². The van der Waals surface area contributed by atoms with Crippen molar-refractivity contribution in [3.8, 4) is 0 Å². The van der Waals surface area contributed by atoms with Crippen molar-refractivity contribution in [2.45, 2.75) is 27.7 Å². The van der Waals surface area contributed by atoms with E-state index in [1.165, 1.54) is 12.1 Å². The highest BCUT2D eigenvalue weighted by Gasteiger charge is 2.28. The summed E-state index contributed by atoms with van der Waals surface area (Å²) in [6.07, 6.45) is 0. The minimum atomic E-state index is -0.369. The minimum Gasteiger partial charge on any atom is -0.309 e. The molecule has 0 atom stereocenters. The fourth-order valence-corrected chi connectivity index (χ4v) is 6.93. The monoisotopic (exact) mass is 774 g/mol. The van der Waals surface area contributed by atoms with Gasteiger partial charge in [0.15, 0.2) is 0 Å². The summed E-state index contributed by atoms with van der Waals surface area (Å²) in [4.78, 5) is 42.5. The lowest BCUT2D eigenvalue weighted by atomic mass is 9.99. The number of halogens is 4. The van der Waals surface area contributed by atoms with Gasteiger partial charge in [0.05, 0.1) is 22.8 Å². The molecule has 4 aromatic carbocycles. The lowest BCUT2D eigenvalue weighted by Gasteiger charge is -2.27. The zero-order valence-electron chi connectivity index (χ0n) is 31.2. The molecule has 284 valence electrons. The summed E-state index contributed by atoms with van der Waals surface area (Å²) >= 11 is 12.4. The van der Waals surface area contributed by atoms with Gasteiger partial charge in [0.25, 0.3) is 0 Å². The molecule has 54 heavy (non-hydrogen) atoms. The molecule has 0 spiro atoms. The number of benzene rings is 4. The molecule has 0 aliphatic carbocycles. The van der Waals surface area contributed by atoms with Crippen LogP contribution in [0.15, 0.2) is 94.9 Å². The van der Waals surface area contributed by atoms with Crippen LogP contribution in [0.5, 0.6) is 0 Å². The van der Waals surface area contributed by atoms with Crippen LogP contribution in [0.1, 0.15) is 49.9 Å². The van der Waals surface area contributed by atoms with Gasteiger partial charge in [-0.3, -0.25) is 19.6 Å². The van der Waals surface area contributed by atoms with Crippen LogP contribution in [0.25, 0.3) is 0 Å². The molecule has 0 radical (unpaired) electrons. The molecule has 2 amide bonds. The quantitative estimate of drug-likeness (QED) is 0.146. The van der Waals surface area contributed by atoms with Gasteiger partial charge in [-0.25, -0.2) is 8.78 Å². The Bertz CT molecular complexity index is 1870. The molecule has 0 fully saturated rings. The number of benzodiazepines with no additional fused rings is 2. The van der Waals surface area contributed by atoms with E-state index in [0.29, 0.717) is 56.8 Å². The van der Waals surface area contributed by atoms with Crippen LogP contribution in [0.3, 0.4) is 0 Å². The molecule has 4 aromatic rings. The van der Waals surface area contributed by atoms with Crippen molar-refractivity contribution in [1.82, 2.24) is 9.80 Å². The van der Waals surface area contributed by atoms with Gasteiger partial charge >= 0.3 is 0 Å². The number of anilines is 2. The van der Waals surface area contributed by atoms with E-state index in [1.54, 1.807) is 70.5 Å². The highest BCUT2D eigenvalue weighted by molar-refractivity contribution is 6.32. The molecule has 0 saturated heterocycles. The van der Waals surface area contributed by atoms with Crippen molar-refractivity contribution in [1.29, 1.82) is 0 Å². The average molecular weight is 776 g/mol. The Morgan fingerprint density at radius 2 is 0.944 bits per heavy atom. The van der Waals surface area contributed by atoms with Crippen molar-refractivity contribution in [3.05, 3.63) is 129 Å². The second-order valence-electron chi connectivity index (χ2n) is 12.8. The Kier molecular flexibility index (Phi) is 14.5. The minimum absolute atomic E-state index is 0.0196. The Morgan fingerprint density at radius 3 is 1.30 bits per heavy atom. The van der Waals surface area contributed by atoms with E-state index >= 15 is 0 Å². The maximum absolute atomic E-state index is 14.4. The molecular formula is C42H46Cl2F2N6O2. The zero-order valence-corrected chi connectivity index (χ0v) is 32.7. The third-order valence-electron chi connectivity index (χ3n) is 9.68. The fourth-order valence-electron chi connectivity index (χ4n) is 6.59. The number of likely N-dealkylation sites (N-methyl/N-ethyl adjacent to an activating group) is 2. The third-order valence-corrected chi connectivity index (χ3v) is 10.2. The summed E-state index contributed by atoms with van der Waals surface area (Å²) < 4.78 is 28.8. The van der Waals surface area contributed by atoms with E-state index in [1.807, 2.05) is 12.1 Å². The number of hydrogen-bond acceptors (Lipinski definition) is 6. The van der Waals surface area contributed by atoms with Crippen molar-refractivity contribution >= 4 is 57.8 Å². The number of fused-ring (bicyclic) bond motifs is 2. The van der Waals surface area contributed by atoms with E-state index in [4.69, 9.17) is 23.2 Å². The van der Waals surface area contributed by atoms with Gasteiger partial charge in [0.2, 0.25) is 11.8 Å². The molecule has 6 rings (SSSR count). The average Bonchev–Trinajstić information content (AvgIpc) is 3.39. The Hall–Kier alpha value is -4.48. The van der Waals surface area contributed by atoms with Crippen LogP contribution >= 0.6 is 23.2 Å². The predicted octanol–water partition coefficient (Wildman–Crippen LogP) is 8.01. The first-order valence-electron chi connectivity index (χ1n) is 18.3. The predicted molar refractivity (Wildman–Crippen MR) is 217 cm³/mol. The van der Waals surface area contributed by atoms with Crippen molar-refractivity contribution in [3.63, 3.8) is 0 Å². The summed E-state index contributed by atoms with van der Waals surface area (Å²) in [5.74, 6) is -0.938. The molecular weight excluding hydrogens is 729 g/mol. The molecule has 8 nitrogen and oxygen atoms in total. The highest BCUT2D eigenvalue weighted by Crippen LogP contribution is 2.32. The van der Waals surface area contributed by atoms with Gasteiger partial charge in [-0.1, -0.05) is 75.2 Å². The van der Waals surface area contributed by atoms with Crippen molar-refractivity contribution < 1.29 is 18.4 Å². The van der Waals surface area contributed by atoms with Crippen molar-refractivity contribution in [2.75, 3.05) is 75.2 Å². The third kappa shape index (κ3) is 9.60. The largest absolute Gasteiger partial charge is 0.309 e. The topological polar surface area (TPSA) is 71.8 Å². The van der Waals surface area contributed by atoms with Crippen LogP contribution in [0, 0.1) is 11.6 Å². The summed E-state index contributed by atoms with van der Waals surface area (Å²) in [7, 11) is 0. The number of rotatable bonds is 12. The first kappa shape index (κ1) is 40.7. The second kappa shape index (κ2) is 19.2. The van der Waals surface area contributed by atoms with Crippen LogP contribution in [0.2, 0.25) is 10.0 Å². The molecule has 0 unspecified atom stereocenters. The molecule has 2 heterocycles. The molecule has 0 saturated carbocycles.